The number of carboxylic acids is 1. The van der Waals surface area contributed by atoms with Crippen LogP contribution < -0.4 is 4.74 Å². The number of fused-ring (bicyclic) bond motifs is 1. The smallest absolute Gasteiger partial charge is 0.337 e. The van der Waals surface area contributed by atoms with E-state index in [0.717, 1.165) is 0 Å². The molecule has 0 aliphatic rings. The van der Waals surface area contributed by atoms with Crippen molar-refractivity contribution in [1.82, 2.24) is 14.6 Å². The molecule has 1 N–H and O–H groups in total. The second kappa shape index (κ2) is 5.41. The van der Waals surface area contributed by atoms with E-state index in [1.807, 2.05) is 6.07 Å². The van der Waals surface area contributed by atoms with Crippen LogP contribution >= 0.6 is 11.6 Å². The molecule has 0 unspecified atom stereocenters. The number of pyridine rings is 1. The van der Waals surface area contributed by atoms with Crippen molar-refractivity contribution < 1.29 is 14.6 Å². The van der Waals surface area contributed by atoms with E-state index in [2.05, 4.69) is 10.2 Å². The van der Waals surface area contributed by atoms with Gasteiger partial charge in [0, 0.05) is 6.20 Å². The second-order valence-electron chi connectivity index (χ2n) is 4.29. The molecule has 0 bridgehead atoms. The number of nitrogens with zero attached hydrogens (tertiary/aromatic N) is 3. The number of hydrogen-bond donors (Lipinski definition) is 1. The van der Waals surface area contributed by atoms with Crippen LogP contribution in [0.25, 0.3) is 5.65 Å². The number of benzene rings is 1. The maximum Gasteiger partial charge on any atom is 0.337 e. The van der Waals surface area contributed by atoms with Gasteiger partial charge in [0.15, 0.2) is 11.5 Å². The van der Waals surface area contributed by atoms with E-state index in [1.54, 1.807) is 28.7 Å². The molecule has 0 amide bonds. The topological polar surface area (TPSA) is 76.7 Å². The molecule has 0 aliphatic heterocycles. The summed E-state index contributed by atoms with van der Waals surface area (Å²) in [5, 5.41) is 17.5. The molecule has 0 saturated heterocycles. The molecule has 0 saturated carbocycles. The van der Waals surface area contributed by atoms with Crippen LogP contribution in [0.4, 0.5) is 0 Å². The summed E-state index contributed by atoms with van der Waals surface area (Å²) in [5.41, 5.74) is 0.707. The van der Waals surface area contributed by atoms with Gasteiger partial charge in [-0.25, -0.2) is 4.79 Å². The maximum absolute atomic E-state index is 11.0. The minimum atomic E-state index is -1.01. The Bertz CT molecular complexity index is 816. The molecular formula is C14H10ClN3O3. The highest BCUT2D eigenvalue weighted by Crippen LogP contribution is 2.24. The summed E-state index contributed by atoms with van der Waals surface area (Å²) >= 11 is 6.00. The summed E-state index contributed by atoms with van der Waals surface area (Å²) in [6.07, 6.45) is 1.46. The van der Waals surface area contributed by atoms with Crippen LogP contribution in [0.3, 0.4) is 0 Å². The van der Waals surface area contributed by atoms with E-state index in [-0.39, 0.29) is 12.2 Å². The molecule has 7 heteroatoms. The molecule has 0 fully saturated rings. The quantitative estimate of drug-likeness (QED) is 0.802. The zero-order valence-electron chi connectivity index (χ0n) is 10.7. The van der Waals surface area contributed by atoms with Crippen molar-refractivity contribution >= 4 is 23.2 Å². The van der Waals surface area contributed by atoms with Crippen molar-refractivity contribution in [1.29, 1.82) is 0 Å². The van der Waals surface area contributed by atoms with Gasteiger partial charge in [0.25, 0.3) is 0 Å². The number of ether oxygens (including phenoxy) is 1. The number of aromatic carboxylic acids is 1. The lowest BCUT2D eigenvalue weighted by Crippen LogP contribution is -2.04. The summed E-state index contributed by atoms with van der Waals surface area (Å²) in [6, 6.07) is 10.2. The third kappa shape index (κ3) is 2.66. The zero-order chi connectivity index (χ0) is 14.8. The number of halogens is 1. The molecule has 0 atom stereocenters. The average molecular weight is 304 g/mol. The van der Waals surface area contributed by atoms with Crippen LogP contribution in [-0.2, 0) is 6.61 Å². The molecule has 1 aromatic carbocycles. The maximum atomic E-state index is 11.0. The van der Waals surface area contributed by atoms with Crippen molar-refractivity contribution in [2.24, 2.45) is 0 Å². The predicted molar refractivity (Wildman–Crippen MR) is 75.7 cm³/mol. The summed E-state index contributed by atoms with van der Waals surface area (Å²) in [6.45, 7) is 0.133. The summed E-state index contributed by atoms with van der Waals surface area (Å²) in [4.78, 5) is 11.0. The minimum Gasteiger partial charge on any atom is -0.484 e. The summed E-state index contributed by atoms with van der Waals surface area (Å²) in [5.74, 6) is 0.0156. The van der Waals surface area contributed by atoms with Gasteiger partial charge in [-0.3, -0.25) is 4.40 Å². The van der Waals surface area contributed by atoms with E-state index in [0.29, 0.717) is 22.2 Å². The molecule has 106 valence electrons. The fraction of sp³-hybridized carbons (Fsp3) is 0.0714. The number of carboxylic acid groups (broad SMARTS) is 1. The SMILES string of the molecule is O=C(O)c1ccc2nnc(COc3ccccc3Cl)n2c1. The minimum absolute atomic E-state index is 0.133. The standard InChI is InChI=1S/C14H10ClN3O3/c15-10-3-1-2-4-11(10)21-8-13-17-16-12-6-5-9(14(19)20)7-18(12)13/h1-7H,8H2,(H,19,20). The number of hydrogen-bond acceptors (Lipinski definition) is 4. The van der Waals surface area contributed by atoms with Gasteiger partial charge in [0.1, 0.15) is 12.4 Å². The first-order valence-corrected chi connectivity index (χ1v) is 6.47. The highest BCUT2D eigenvalue weighted by atomic mass is 35.5. The normalized spacial score (nSPS) is 10.7. The molecule has 2 aromatic heterocycles. The monoisotopic (exact) mass is 303 g/mol. The third-order valence-electron chi connectivity index (χ3n) is 2.91. The Morgan fingerprint density at radius 3 is 2.81 bits per heavy atom. The lowest BCUT2D eigenvalue weighted by molar-refractivity contribution is 0.0696. The lowest BCUT2D eigenvalue weighted by atomic mass is 10.3. The Balaban J connectivity index is 1.89. The van der Waals surface area contributed by atoms with E-state index >= 15 is 0 Å². The number of carbonyl (C=O) groups is 1. The van der Waals surface area contributed by atoms with Gasteiger partial charge in [-0.2, -0.15) is 0 Å². The van der Waals surface area contributed by atoms with Crippen molar-refractivity contribution in [2.75, 3.05) is 0 Å². The Morgan fingerprint density at radius 2 is 2.05 bits per heavy atom. The lowest BCUT2D eigenvalue weighted by Gasteiger charge is -2.06. The molecular weight excluding hydrogens is 294 g/mol. The van der Waals surface area contributed by atoms with Crippen molar-refractivity contribution in [3.63, 3.8) is 0 Å². The molecule has 2 heterocycles. The Hall–Kier alpha value is -2.60. The van der Waals surface area contributed by atoms with E-state index in [4.69, 9.17) is 21.4 Å². The molecule has 21 heavy (non-hydrogen) atoms. The van der Waals surface area contributed by atoms with Crippen LogP contribution in [0.5, 0.6) is 5.75 Å². The molecule has 0 radical (unpaired) electrons. The van der Waals surface area contributed by atoms with Gasteiger partial charge >= 0.3 is 5.97 Å². The van der Waals surface area contributed by atoms with Gasteiger partial charge in [-0.15, -0.1) is 10.2 Å². The predicted octanol–water partition coefficient (Wildman–Crippen LogP) is 2.66. The fourth-order valence-electron chi connectivity index (χ4n) is 1.87. The van der Waals surface area contributed by atoms with Gasteiger partial charge < -0.3 is 9.84 Å². The van der Waals surface area contributed by atoms with Crippen molar-refractivity contribution in [2.45, 2.75) is 6.61 Å². The highest BCUT2D eigenvalue weighted by molar-refractivity contribution is 6.32. The molecule has 0 aliphatic carbocycles. The molecule has 0 spiro atoms. The molecule has 6 nitrogen and oxygen atoms in total. The Labute approximate surface area is 124 Å². The van der Waals surface area contributed by atoms with Crippen LogP contribution in [-0.4, -0.2) is 25.7 Å². The first-order chi connectivity index (χ1) is 10.1. The second-order valence-corrected chi connectivity index (χ2v) is 4.69. The number of aromatic nitrogens is 3. The van der Waals surface area contributed by atoms with Gasteiger partial charge in [0.2, 0.25) is 0 Å². The average Bonchev–Trinajstić information content (AvgIpc) is 2.88. The van der Waals surface area contributed by atoms with Crippen LogP contribution in [0.1, 0.15) is 16.2 Å². The van der Waals surface area contributed by atoms with E-state index in [9.17, 15) is 4.79 Å². The molecule has 3 rings (SSSR count). The Morgan fingerprint density at radius 1 is 1.24 bits per heavy atom. The van der Waals surface area contributed by atoms with Crippen molar-refractivity contribution in [3.05, 3.63) is 59.0 Å². The highest BCUT2D eigenvalue weighted by Gasteiger charge is 2.10. The summed E-state index contributed by atoms with van der Waals surface area (Å²) in [7, 11) is 0. The Kier molecular flexibility index (Phi) is 3.45. The first-order valence-electron chi connectivity index (χ1n) is 6.09. The third-order valence-corrected chi connectivity index (χ3v) is 3.23. The summed E-state index contributed by atoms with van der Waals surface area (Å²) < 4.78 is 7.17. The first kappa shape index (κ1) is 13.4. The zero-order valence-corrected chi connectivity index (χ0v) is 11.5. The van der Waals surface area contributed by atoms with E-state index < -0.39 is 5.97 Å². The largest absolute Gasteiger partial charge is 0.484 e. The fourth-order valence-corrected chi connectivity index (χ4v) is 2.06. The number of para-hydroxylation sites is 1. The van der Waals surface area contributed by atoms with Gasteiger partial charge in [-0.1, -0.05) is 23.7 Å². The molecule has 3 aromatic rings. The van der Waals surface area contributed by atoms with Crippen LogP contribution in [0.15, 0.2) is 42.6 Å². The van der Waals surface area contributed by atoms with Gasteiger partial charge in [-0.05, 0) is 24.3 Å². The van der Waals surface area contributed by atoms with Gasteiger partial charge in [0.05, 0.1) is 10.6 Å². The van der Waals surface area contributed by atoms with Crippen LogP contribution in [0, 0.1) is 0 Å². The number of rotatable bonds is 4. The van der Waals surface area contributed by atoms with E-state index in [1.165, 1.54) is 12.3 Å². The van der Waals surface area contributed by atoms with Crippen LogP contribution in [0.2, 0.25) is 5.02 Å². The van der Waals surface area contributed by atoms with Crippen molar-refractivity contribution in [3.8, 4) is 5.75 Å².